The Hall–Kier alpha value is -0.890. The first-order valence-corrected chi connectivity index (χ1v) is 7.37. The van der Waals surface area contributed by atoms with Crippen molar-refractivity contribution in [2.45, 2.75) is 57.9 Å². The fourth-order valence-electron chi connectivity index (χ4n) is 3.09. The molecule has 1 aromatic rings. The SMILES string of the molecule is CNC(Cc1ncccc1C)CC1CCCCC1. The molecule has 1 N–H and O–H groups in total. The molecule has 0 amide bonds. The minimum atomic E-state index is 0.585. The standard InChI is InChI=1S/C16H26N2/c1-13-7-6-10-18-16(13)12-15(17-2)11-14-8-4-3-5-9-14/h6-7,10,14-15,17H,3-5,8-9,11-12H2,1-2H3. The zero-order valence-electron chi connectivity index (χ0n) is 11.8. The van der Waals surface area contributed by atoms with Crippen LogP contribution in [0.25, 0.3) is 0 Å². The van der Waals surface area contributed by atoms with Crippen LogP contribution in [0.1, 0.15) is 49.8 Å². The first-order chi connectivity index (χ1) is 8.79. The van der Waals surface area contributed by atoms with Crippen molar-refractivity contribution in [1.82, 2.24) is 10.3 Å². The van der Waals surface area contributed by atoms with Gasteiger partial charge in [-0.25, -0.2) is 0 Å². The predicted octanol–water partition coefficient (Wildman–Crippen LogP) is 3.49. The topological polar surface area (TPSA) is 24.9 Å². The van der Waals surface area contributed by atoms with E-state index in [0.717, 1.165) is 12.3 Å². The summed E-state index contributed by atoms with van der Waals surface area (Å²) in [5.41, 5.74) is 2.58. The van der Waals surface area contributed by atoms with Gasteiger partial charge in [-0.1, -0.05) is 38.2 Å². The Bertz CT molecular complexity index is 356. The highest BCUT2D eigenvalue weighted by Crippen LogP contribution is 2.28. The highest BCUT2D eigenvalue weighted by molar-refractivity contribution is 5.18. The summed E-state index contributed by atoms with van der Waals surface area (Å²) in [7, 11) is 2.09. The molecule has 1 heterocycles. The van der Waals surface area contributed by atoms with Crippen LogP contribution in [0.5, 0.6) is 0 Å². The summed E-state index contributed by atoms with van der Waals surface area (Å²) in [6.45, 7) is 2.16. The van der Waals surface area contributed by atoms with Crippen LogP contribution in [0.2, 0.25) is 0 Å². The van der Waals surface area contributed by atoms with Gasteiger partial charge in [-0.05, 0) is 37.9 Å². The van der Waals surface area contributed by atoms with Crippen LogP contribution in [-0.4, -0.2) is 18.1 Å². The monoisotopic (exact) mass is 246 g/mol. The van der Waals surface area contributed by atoms with E-state index < -0.39 is 0 Å². The first kappa shape index (κ1) is 13.5. The third kappa shape index (κ3) is 3.81. The van der Waals surface area contributed by atoms with E-state index in [2.05, 4.69) is 30.3 Å². The van der Waals surface area contributed by atoms with E-state index in [0.29, 0.717) is 6.04 Å². The molecule has 0 bridgehead atoms. The Morgan fingerprint density at radius 3 is 2.78 bits per heavy atom. The molecule has 1 aliphatic rings. The fourth-order valence-corrected chi connectivity index (χ4v) is 3.09. The molecule has 100 valence electrons. The van der Waals surface area contributed by atoms with Gasteiger partial charge in [-0.3, -0.25) is 4.98 Å². The Morgan fingerprint density at radius 1 is 1.33 bits per heavy atom. The Kier molecular flexibility index (Phi) is 5.18. The molecule has 0 radical (unpaired) electrons. The van der Waals surface area contributed by atoms with Crippen molar-refractivity contribution >= 4 is 0 Å². The highest BCUT2D eigenvalue weighted by atomic mass is 14.9. The van der Waals surface area contributed by atoms with Crippen molar-refractivity contribution in [2.24, 2.45) is 5.92 Å². The van der Waals surface area contributed by atoms with Gasteiger partial charge in [0.2, 0.25) is 0 Å². The number of pyridine rings is 1. The molecule has 1 fully saturated rings. The zero-order chi connectivity index (χ0) is 12.8. The molecular formula is C16H26N2. The zero-order valence-corrected chi connectivity index (χ0v) is 11.8. The van der Waals surface area contributed by atoms with Crippen molar-refractivity contribution in [2.75, 3.05) is 7.05 Å². The Morgan fingerprint density at radius 2 is 2.11 bits per heavy atom. The van der Waals surface area contributed by atoms with Crippen molar-refractivity contribution in [3.8, 4) is 0 Å². The maximum Gasteiger partial charge on any atom is 0.0448 e. The smallest absolute Gasteiger partial charge is 0.0448 e. The third-order valence-electron chi connectivity index (χ3n) is 4.31. The number of hydrogen-bond acceptors (Lipinski definition) is 2. The molecule has 0 aromatic carbocycles. The van der Waals surface area contributed by atoms with Gasteiger partial charge in [-0.2, -0.15) is 0 Å². The summed E-state index contributed by atoms with van der Waals surface area (Å²) in [5.74, 6) is 0.931. The van der Waals surface area contributed by atoms with Gasteiger partial charge in [-0.15, -0.1) is 0 Å². The van der Waals surface area contributed by atoms with Crippen LogP contribution in [0.15, 0.2) is 18.3 Å². The normalized spacial score (nSPS) is 18.8. The average Bonchev–Trinajstić information content (AvgIpc) is 2.41. The predicted molar refractivity (Wildman–Crippen MR) is 76.7 cm³/mol. The van der Waals surface area contributed by atoms with Crippen molar-refractivity contribution in [1.29, 1.82) is 0 Å². The van der Waals surface area contributed by atoms with Crippen LogP contribution in [0.3, 0.4) is 0 Å². The molecule has 1 unspecified atom stereocenters. The van der Waals surface area contributed by atoms with Crippen LogP contribution in [-0.2, 0) is 6.42 Å². The summed E-state index contributed by atoms with van der Waals surface area (Å²) >= 11 is 0. The molecule has 1 aromatic heterocycles. The van der Waals surface area contributed by atoms with Gasteiger partial charge in [0.1, 0.15) is 0 Å². The number of rotatable bonds is 5. The first-order valence-electron chi connectivity index (χ1n) is 7.37. The lowest BCUT2D eigenvalue weighted by atomic mass is 9.84. The molecule has 0 saturated heterocycles. The minimum absolute atomic E-state index is 0.585. The number of nitrogens with one attached hydrogen (secondary N) is 1. The van der Waals surface area contributed by atoms with E-state index in [9.17, 15) is 0 Å². The second kappa shape index (κ2) is 6.89. The number of aromatic nitrogens is 1. The number of likely N-dealkylation sites (N-methyl/N-ethyl adjacent to an activating group) is 1. The minimum Gasteiger partial charge on any atom is -0.317 e. The fraction of sp³-hybridized carbons (Fsp3) is 0.688. The van der Waals surface area contributed by atoms with E-state index in [-0.39, 0.29) is 0 Å². The summed E-state index contributed by atoms with van der Waals surface area (Å²) < 4.78 is 0. The molecule has 2 heteroatoms. The third-order valence-corrected chi connectivity index (χ3v) is 4.31. The quantitative estimate of drug-likeness (QED) is 0.860. The van der Waals surface area contributed by atoms with Gasteiger partial charge in [0.25, 0.3) is 0 Å². The van der Waals surface area contributed by atoms with Crippen LogP contribution in [0.4, 0.5) is 0 Å². The lowest BCUT2D eigenvalue weighted by molar-refractivity contribution is 0.302. The maximum atomic E-state index is 4.52. The van der Waals surface area contributed by atoms with Crippen molar-refractivity contribution in [3.05, 3.63) is 29.6 Å². The molecule has 1 aliphatic carbocycles. The number of aryl methyl sites for hydroxylation is 1. The van der Waals surface area contributed by atoms with Gasteiger partial charge in [0.05, 0.1) is 0 Å². The lowest BCUT2D eigenvalue weighted by Crippen LogP contribution is -2.31. The van der Waals surface area contributed by atoms with E-state index in [4.69, 9.17) is 0 Å². The maximum absolute atomic E-state index is 4.52. The summed E-state index contributed by atoms with van der Waals surface area (Å²) in [6, 6.07) is 4.77. The van der Waals surface area contributed by atoms with E-state index in [1.807, 2.05) is 12.3 Å². The van der Waals surface area contributed by atoms with Gasteiger partial charge < -0.3 is 5.32 Å². The van der Waals surface area contributed by atoms with Crippen LogP contribution >= 0.6 is 0 Å². The molecule has 0 aliphatic heterocycles. The van der Waals surface area contributed by atoms with Crippen LogP contribution in [0, 0.1) is 12.8 Å². The van der Waals surface area contributed by atoms with Crippen molar-refractivity contribution in [3.63, 3.8) is 0 Å². The van der Waals surface area contributed by atoms with E-state index in [1.54, 1.807) is 0 Å². The molecule has 18 heavy (non-hydrogen) atoms. The lowest BCUT2D eigenvalue weighted by Gasteiger charge is -2.26. The number of hydrogen-bond donors (Lipinski definition) is 1. The second-order valence-electron chi connectivity index (χ2n) is 5.70. The number of nitrogens with zero attached hydrogens (tertiary/aromatic N) is 1. The van der Waals surface area contributed by atoms with Gasteiger partial charge in [0.15, 0.2) is 0 Å². The van der Waals surface area contributed by atoms with Crippen molar-refractivity contribution < 1.29 is 0 Å². The largest absolute Gasteiger partial charge is 0.317 e. The Labute approximate surface area is 111 Å². The van der Waals surface area contributed by atoms with E-state index >= 15 is 0 Å². The molecule has 2 rings (SSSR count). The molecular weight excluding hydrogens is 220 g/mol. The molecule has 2 nitrogen and oxygen atoms in total. The summed E-state index contributed by atoms with van der Waals surface area (Å²) in [6.07, 6.45) is 11.5. The van der Waals surface area contributed by atoms with Gasteiger partial charge in [0, 0.05) is 24.4 Å². The molecule has 0 spiro atoms. The summed E-state index contributed by atoms with van der Waals surface area (Å²) in [4.78, 5) is 4.52. The van der Waals surface area contributed by atoms with Crippen LogP contribution < -0.4 is 5.32 Å². The van der Waals surface area contributed by atoms with Gasteiger partial charge >= 0.3 is 0 Å². The summed E-state index contributed by atoms with van der Waals surface area (Å²) in [5, 5.41) is 3.49. The average molecular weight is 246 g/mol. The van der Waals surface area contributed by atoms with E-state index in [1.165, 1.54) is 49.8 Å². The molecule has 1 atom stereocenters. The Balaban J connectivity index is 1.90. The second-order valence-corrected chi connectivity index (χ2v) is 5.70. The molecule has 1 saturated carbocycles. The highest BCUT2D eigenvalue weighted by Gasteiger charge is 2.19.